The van der Waals surface area contributed by atoms with Crippen LogP contribution in [0.2, 0.25) is 0 Å². The molecule has 122 valence electrons. The van der Waals surface area contributed by atoms with Crippen LogP contribution < -0.4 is 10.1 Å². The topological polar surface area (TPSA) is 60.5 Å². The Morgan fingerprint density at radius 3 is 2.64 bits per heavy atom. The number of aromatic nitrogens is 1. The van der Waals surface area contributed by atoms with E-state index < -0.39 is 12.8 Å². The van der Waals surface area contributed by atoms with E-state index in [4.69, 9.17) is 4.74 Å². The molecule has 8 heteroatoms. The first kappa shape index (κ1) is 16.5. The number of hydrogen-bond acceptors (Lipinski definition) is 4. The van der Waals surface area contributed by atoms with Crippen molar-refractivity contribution in [2.75, 3.05) is 26.4 Å². The number of carbonyl (C=O) groups is 1. The number of rotatable bonds is 6. The van der Waals surface area contributed by atoms with Gasteiger partial charge in [0.1, 0.15) is 11.4 Å². The van der Waals surface area contributed by atoms with Crippen LogP contribution >= 0.6 is 0 Å². The first-order valence-corrected chi connectivity index (χ1v) is 6.85. The number of ether oxygens (including phenoxy) is 2. The SMILES string of the molecule is CCC1(CNC(=O)c2ccc(OCC(F)(F)F)cn2)COC1. The number of nitrogens with one attached hydrogen (secondary N) is 1. The van der Waals surface area contributed by atoms with Crippen molar-refractivity contribution in [3.8, 4) is 5.75 Å². The molecule has 0 unspecified atom stereocenters. The third-order valence-corrected chi connectivity index (χ3v) is 3.56. The van der Waals surface area contributed by atoms with Crippen LogP contribution in [0.15, 0.2) is 18.3 Å². The number of alkyl halides is 3. The molecule has 0 spiro atoms. The van der Waals surface area contributed by atoms with Crippen LogP contribution in [-0.2, 0) is 4.74 Å². The van der Waals surface area contributed by atoms with Crippen LogP contribution in [0.25, 0.3) is 0 Å². The van der Waals surface area contributed by atoms with E-state index in [0.29, 0.717) is 19.8 Å². The highest BCUT2D eigenvalue weighted by atomic mass is 19.4. The smallest absolute Gasteiger partial charge is 0.422 e. The number of nitrogens with zero attached hydrogens (tertiary/aromatic N) is 1. The Labute approximate surface area is 125 Å². The molecule has 1 amide bonds. The number of amides is 1. The van der Waals surface area contributed by atoms with Crippen LogP contribution in [0.3, 0.4) is 0 Å². The maximum Gasteiger partial charge on any atom is 0.422 e. The Bertz CT molecular complexity index is 508. The summed E-state index contributed by atoms with van der Waals surface area (Å²) in [6.45, 7) is 2.35. The van der Waals surface area contributed by atoms with Crippen LogP contribution in [-0.4, -0.2) is 43.4 Å². The highest BCUT2D eigenvalue weighted by Crippen LogP contribution is 2.30. The molecule has 0 aliphatic carbocycles. The first-order valence-electron chi connectivity index (χ1n) is 6.85. The second kappa shape index (κ2) is 6.51. The van der Waals surface area contributed by atoms with Gasteiger partial charge in [-0.1, -0.05) is 6.92 Å². The van der Waals surface area contributed by atoms with Crippen molar-refractivity contribution in [1.82, 2.24) is 10.3 Å². The summed E-state index contributed by atoms with van der Waals surface area (Å²) in [6, 6.07) is 2.62. The lowest BCUT2D eigenvalue weighted by molar-refractivity contribution is -0.153. The lowest BCUT2D eigenvalue weighted by Crippen LogP contribution is -2.50. The van der Waals surface area contributed by atoms with E-state index in [1.165, 1.54) is 12.1 Å². The molecule has 1 aromatic rings. The van der Waals surface area contributed by atoms with Gasteiger partial charge in [0.15, 0.2) is 6.61 Å². The van der Waals surface area contributed by atoms with Crippen molar-refractivity contribution in [1.29, 1.82) is 0 Å². The molecule has 1 aliphatic heterocycles. The standard InChI is InChI=1S/C14H17F3N2O3/c1-2-13(7-21-8-13)6-19-12(20)11-4-3-10(5-18-11)22-9-14(15,16)17/h3-5H,2,6-9H2,1H3,(H,19,20). The number of hydrogen-bond donors (Lipinski definition) is 1. The van der Waals surface area contributed by atoms with Gasteiger partial charge in [-0.2, -0.15) is 13.2 Å². The van der Waals surface area contributed by atoms with E-state index in [0.717, 1.165) is 12.6 Å². The molecular weight excluding hydrogens is 301 g/mol. The van der Waals surface area contributed by atoms with Crippen LogP contribution in [0.1, 0.15) is 23.8 Å². The maximum absolute atomic E-state index is 12.0. The highest BCUT2D eigenvalue weighted by molar-refractivity contribution is 5.92. The van der Waals surface area contributed by atoms with Gasteiger partial charge in [-0.05, 0) is 18.6 Å². The Morgan fingerprint density at radius 1 is 1.45 bits per heavy atom. The summed E-state index contributed by atoms with van der Waals surface area (Å²) in [7, 11) is 0. The Balaban J connectivity index is 1.85. The normalized spacial score (nSPS) is 16.7. The van der Waals surface area contributed by atoms with Gasteiger partial charge in [0, 0.05) is 12.0 Å². The second-order valence-corrected chi connectivity index (χ2v) is 5.31. The van der Waals surface area contributed by atoms with Crippen molar-refractivity contribution >= 4 is 5.91 Å². The minimum absolute atomic E-state index is 0.0224. The molecule has 0 bridgehead atoms. The summed E-state index contributed by atoms with van der Waals surface area (Å²) >= 11 is 0. The van der Waals surface area contributed by atoms with Crippen molar-refractivity contribution in [3.05, 3.63) is 24.0 Å². The van der Waals surface area contributed by atoms with Crippen molar-refractivity contribution < 1.29 is 27.4 Å². The van der Waals surface area contributed by atoms with Gasteiger partial charge in [-0.25, -0.2) is 4.98 Å². The van der Waals surface area contributed by atoms with Crippen molar-refractivity contribution in [2.45, 2.75) is 19.5 Å². The predicted molar refractivity (Wildman–Crippen MR) is 71.7 cm³/mol. The van der Waals surface area contributed by atoms with E-state index >= 15 is 0 Å². The van der Waals surface area contributed by atoms with E-state index in [1.54, 1.807) is 0 Å². The third-order valence-electron chi connectivity index (χ3n) is 3.56. The van der Waals surface area contributed by atoms with Gasteiger partial charge < -0.3 is 14.8 Å². The molecule has 0 saturated carbocycles. The fourth-order valence-corrected chi connectivity index (χ4v) is 1.95. The van der Waals surface area contributed by atoms with Crippen molar-refractivity contribution in [3.63, 3.8) is 0 Å². The zero-order chi connectivity index (χ0) is 16.2. The second-order valence-electron chi connectivity index (χ2n) is 5.31. The molecule has 0 radical (unpaired) electrons. The number of pyridine rings is 1. The molecule has 1 fully saturated rings. The molecule has 0 atom stereocenters. The van der Waals surface area contributed by atoms with E-state index in [1.807, 2.05) is 6.92 Å². The Morgan fingerprint density at radius 2 is 2.18 bits per heavy atom. The molecule has 5 nitrogen and oxygen atoms in total. The van der Waals surface area contributed by atoms with Gasteiger partial charge in [-0.3, -0.25) is 4.79 Å². The monoisotopic (exact) mass is 318 g/mol. The van der Waals surface area contributed by atoms with Gasteiger partial charge in [-0.15, -0.1) is 0 Å². The molecule has 2 rings (SSSR count). The average molecular weight is 318 g/mol. The molecule has 22 heavy (non-hydrogen) atoms. The van der Waals surface area contributed by atoms with E-state index in [-0.39, 0.29) is 22.8 Å². The van der Waals surface area contributed by atoms with Gasteiger partial charge in [0.25, 0.3) is 5.91 Å². The molecule has 1 N–H and O–H groups in total. The number of carbonyl (C=O) groups excluding carboxylic acids is 1. The third kappa shape index (κ3) is 4.33. The Kier molecular flexibility index (Phi) is 4.90. The van der Waals surface area contributed by atoms with E-state index in [9.17, 15) is 18.0 Å². The molecule has 1 aliphatic rings. The Hall–Kier alpha value is -1.83. The summed E-state index contributed by atoms with van der Waals surface area (Å²) < 4.78 is 45.7. The summed E-state index contributed by atoms with van der Waals surface area (Å²) in [5.74, 6) is -0.409. The van der Waals surface area contributed by atoms with Gasteiger partial charge in [0.2, 0.25) is 0 Å². The highest BCUT2D eigenvalue weighted by Gasteiger charge is 2.37. The zero-order valence-electron chi connectivity index (χ0n) is 12.1. The predicted octanol–water partition coefficient (Wildman–Crippen LogP) is 2.18. The summed E-state index contributed by atoms with van der Waals surface area (Å²) in [5.41, 5.74) is 0.108. The van der Waals surface area contributed by atoms with Crippen LogP contribution in [0.4, 0.5) is 13.2 Å². The molecule has 1 saturated heterocycles. The summed E-state index contributed by atoms with van der Waals surface area (Å²) in [6.07, 6.45) is -2.41. The molecule has 0 aromatic carbocycles. The fraction of sp³-hybridized carbons (Fsp3) is 0.571. The minimum atomic E-state index is -4.41. The molecule has 2 heterocycles. The van der Waals surface area contributed by atoms with Gasteiger partial charge >= 0.3 is 6.18 Å². The number of halogens is 3. The van der Waals surface area contributed by atoms with Gasteiger partial charge in [0.05, 0.1) is 19.4 Å². The van der Waals surface area contributed by atoms with Crippen LogP contribution in [0, 0.1) is 5.41 Å². The average Bonchev–Trinajstić information content (AvgIpc) is 2.44. The zero-order valence-corrected chi connectivity index (χ0v) is 12.1. The van der Waals surface area contributed by atoms with Crippen LogP contribution in [0.5, 0.6) is 5.75 Å². The van der Waals surface area contributed by atoms with E-state index in [2.05, 4.69) is 15.0 Å². The molecule has 1 aromatic heterocycles. The summed E-state index contributed by atoms with van der Waals surface area (Å²) in [5, 5.41) is 2.77. The lowest BCUT2D eigenvalue weighted by atomic mass is 9.83. The van der Waals surface area contributed by atoms with Crippen molar-refractivity contribution in [2.24, 2.45) is 5.41 Å². The first-order chi connectivity index (χ1) is 10.3. The minimum Gasteiger partial charge on any atom is -0.483 e. The quantitative estimate of drug-likeness (QED) is 0.873. The molecular formula is C14H17F3N2O3. The fourth-order valence-electron chi connectivity index (χ4n) is 1.95. The lowest BCUT2D eigenvalue weighted by Gasteiger charge is -2.40. The maximum atomic E-state index is 12.0. The summed E-state index contributed by atoms with van der Waals surface area (Å²) in [4.78, 5) is 15.8. The largest absolute Gasteiger partial charge is 0.483 e.